The van der Waals surface area contributed by atoms with Crippen LogP contribution < -0.4 is 5.32 Å². The number of carbonyl (C=O) groups excluding carboxylic acids is 1. The Hall–Kier alpha value is -2.62. The van der Waals surface area contributed by atoms with E-state index in [-0.39, 0.29) is 5.91 Å². The van der Waals surface area contributed by atoms with Gasteiger partial charge in [-0.25, -0.2) is 0 Å². The average Bonchev–Trinajstić information content (AvgIpc) is 3.03. The van der Waals surface area contributed by atoms with E-state index in [2.05, 4.69) is 10.3 Å². The minimum absolute atomic E-state index is 0.0281. The molecule has 1 N–H and O–H groups in total. The van der Waals surface area contributed by atoms with Gasteiger partial charge in [-0.3, -0.25) is 9.78 Å². The number of para-hydroxylation sites is 1. The third kappa shape index (κ3) is 2.86. The number of rotatable bonds is 4. The number of hydrogen-bond acceptors (Lipinski definition) is 3. The van der Waals surface area contributed by atoms with Crippen molar-refractivity contribution in [2.75, 3.05) is 0 Å². The van der Waals surface area contributed by atoms with Gasteiger partial charge in [0, 0.05) is 11.1 Å². The van der Waals surface area contributed by atoms with Gasteiger partial charge in [0.25, 0.3) is 0 Å². The van der Waals surface area contributed by atoms with Crippen LogP contribution in [0.2, 0.25) is 0 Å². The molecule has 4 nitrogen and oxygen atoms in total. The number of aryl methyl sites for hydroxylation is 2. The van der Waals surface area contributed by atoms with Crippen molar-refractivity contribution in [3.63, 3.8) is 0 Å². The molecule has 0 radical (unpaired) electrons. The Morgan fingerprint density at radius 2 is 2.00 bits per heavy atom. The summed E-state index contributed by atoms with van der Waals surface area (Å²) >= 11 is 0. The fraction of sp³-hybridized carbons (Fsp3) is 0.222. The van der Waals surface area contributed by atoms with E-state index in [0.717, 1.165) is 33.5 Å². The standard InChI is InChI=1S/C18H18N2O2/c1-12-15-7-3-4-8-17(15)20-13(2)16(12)10-18(21)19-11-14-6-5-9-22-14/h3-9H,10-11H2,1-2H3,(H,19,21). The van der Waals surface area contributed by atoms with Crippen LogP contribution in [0, 0.1) is 13.8 Å². The molecule has 4 heteroatoms. The highest BCUT2D eigenvalue weighted by molar-refractivity contribution is 5.86. The van der Waals surface area contributed by atoms with Gasteiger partial charge in [-0.2, -0.15) is 0 Å². The minimum atomic E-state index is -0.0281. The van der Waals surface area contributed by atoms with Crippen molar-refractivity contribution in [2.24, 2.45) is 0 Å². The van der Waals surface area contributed by atoms with Crippen LogP contribution in [-0.4, -0.2) is 10.9 Å². The van der Waals surface area contributed by atoms with Gasteiger partial charge < -0.3 is 9.73 Å². The predicted octanol–water partition coefficient (Wildman–Crippen LogP) is 3.30. The average molecular weight is 294 g/mol. The quantitative estimate of drug-likeness (QED) is 0.803. The van der Waals surface area contributed by atoms with Crippen LogP contribution >= 0.6 is 0 Å². The lowest BCUT2D eigenvalue weighted by molar-refractivity contribution is -0.120. The first-order valence-corrected chi connectivity index (χ1v) is 7.29. The van der Waals surface area contributed by atoms with Crippen molar-refractivity contribution in [1.29, 1.82) is 0 Å². The number of pyridine rings is 1. The minimum Gasteiger partial charge on any atom is -0.467 e. The number of nitrogens with one attached hydrogen (secondary N) is 1. The number of aromatic nitrogens is 1. The van der Waals surface area contributed by atoms with Crippen molar-refractivity contribution < 1.29 is 9.21 Å². The SMILES string of the molecule is Cc1nc2ccccc2c(C)c1CC(=O)NCc1ccco1. The molecule has 0 spiro atoms. The first kappa shape index (κ1) is 14.3. The zero-order chi connectivity index (χ0) is 15.5. The zero-order valence-corrected chi connectivity index (χ0v) is 12.7. The molecule has 0 aliphatic heterocycles. The second-order valence-corrected chi connectivity index (χ2v) is 5.35. The Bertz CT molecular complexity index is 807. The monoisotopic (exact) mass is 294 g/mol. The Balaban J connectivity index is 1.79. The highest BCUT2D eigenvalue weighted by Crippen LogP contribution is 2.22. The summed E-state index contributed by atoms with van der Waals surface area (Å²) in [5, 5.41) is 3.97. The third-order valence-corrected chi connectivity index (χ3v) is 3.86. The number of hydrogen-bond donors (Lipinski definition) is 1. The maximum atomic E-state index is 12.2. The smallest absolute Gasteiger partial charge is 0.224 e. The zero-order valence-electron chi connectivity index (χ0n) is 12.7. The molecule has 112 valence electrons. The van der Waals surface area contributed by atoms with Gasteiger partial charge in [0.1, 0.15) is 5.76 Å². The molecule has 0 bridgehead atoms. The van der Waals surface area contributed by atoms with Gasteiger partial charge in [0.05, 0.1) is 24.7 Å². The van der Waals surface area contributed by atoms with Gasteiger partial charge in [-0.15, -0.1) is 0 Å². The molecule has 0 atom stereocenters. The predicted molar refractivity (Wildman–Crippen MR) is 85.5 cm³/mol. The molecule has 0 fully saturated rings. The molecule has 0 saturated carbocycles. The van der Waals surface area contributed by atoms with Crippen LogP contribution in [0.3, 0.4) is 0 Å². The lowest BCUT2D eigenvalue weighted by atomic mass is 9.99. The molecule has 3 rings (SSSR count). The molecule has 3 aromatic rings. The molecule has 2 heterocycles. The third-order valence-electron chi connectivity index (χ3n) is 3.86. The second-order valence-electron chi connectivity index (χ2n) is 5.35. The number of furan rings is 1. The molecule has 0 saturated heterocycles. The molecule has 1 amide bonds. The van der Waals surface area contributed by atoms with E-state index in [1.165, 1.54) is 0 Å². The first-order valence-electron chi connectivity index (χ1n) is 7.29. The Kier molecular flexibility index (Phi) is 3.92. The molecule has 0 unspecified atom stereocenters. The lowest BCUT2D eigenvalue weighted by Crippen LogP contribution is -2.25. The van der Waals surface area contributed by atoms with Crippen LogP contribution in [0.15, 0.2) is 47.1 Å². The Morgan fingerprint density at radius 1 is 1.18 bits per heavy atom. The van der Waals surface area contributed by atoms with Crippen LogP contribution in [0.1, 0.15) is 22.6 Å². The van der Waals surface area contributed by atoms with Gasteiger partial charge in [-0.05, 0) is 43.2 Å². The van der Waals surface area contributed by atoms with Gasteiger partial charge in [0.2, 0.25) is 5.91 Å². The fourth-order valence-electron chi connectivity index (χ4n) is 2.65. The molecule has 1 aromatic carbocycles. The molecule has 2 aromatic heterocycles. The van der Waals surface area contributed by atoms with Gasteiger partial charge in [-0.1, -0.05) is 18.2 Å². The van der Waals surface area contributed by atoms with Crippen molar-refractivity contribution >= 4 is 16.8 Å². The maximum absolute atomic E-state index is 12.2. The van der Waals surface area contributed by atoms with Crippen molar-refractivity contribution in [2.45, 2.75) is 26.8 Å². The molecular formula is C18H18N2O2. The molecular weight excluding hydrogens is 276 g/mol. The largest absolute Gasteiger partial charge is 0.467 e. The van der Waals surface area contributed by atoms with Crippen molar-refractivity contribution in [3.05, 3.63) is 65.2 Å². The summed E-state index contributed by atoms with van der Waals surface area (Å²) in [5.41, 5.74) is 3.99. The van der Waals surface area contributed by atoms with Crippen LogP contribution in [0.4, 0.5) is 0 Å². The number of amides is 1. The molecule has 0 aliphatic rings. The van der Waals surface area contributed by atoms with E-state index in [1.54, 1.807) is 6.26 Å². The lowest BCUT2D eigenvalue weighted by Gasteiger charge is -2.12. The number of benzene rings is 1. The number of fused-ring (bicyclic) bond motifs is 1. The van der Waals surface area contributed by atoms with Crippen LogP contribution in [0.5, 0.6) is 0 Å². The summed E-state index contributed by atoms with van der Waals surface area (Å²) in [4.78, 5) is 16.8. The number of nitrogens with zero attached hydrogens (tertiary/aromatic N) is 1. The summed E-state index contributed by atoms with van der Waals surface area (Å²) in [6.07, 6.45) is 1.93. The molecule has 0 aliphatic carbocycles. The summed E-state index contributed by atoms with van der Waals surface area (Å²) in [6.45, 7) is 4.41. The molecule has 22 heavy (non-hydrogen) atoms. The van der Waals surface area contributed by atoms with Crippen molar-refractivity contribution in [1.82, 2.24) is 10.3 Å². The second kappa shape index (κ2) is 6.02. The van der Waals surface area contributed by atoms with Crippen LogP contribution in [0.25, 0.3) is 10.9 Å². The first-order chi connectivity index (χ1) is 10.6. The van der Waals surface area contributed by atoms with E-state index in [0.29, 0.717) is 13.0 Å². The number of carbonyl (C=O) groups is 1. The Morgan fingerprint density at radius 3 is 2.77 bits per heavy atom. The topological polar surface area (TPSA) is 55.1 Å². The summed E-state index contributed by atoms with van der Waals surface area (Å²) in [7, 11) is 0. The van der Waals surface area contributed by atoms with E-state index < -0.39 is 0 Å². The van der Waals surface area contributed by atoms with E-state index in [4.69, 9.17) is 4.42 Å². The normalized spacial score (nSPS) is 10.8. The van der Waals surface area contributed by atoms with Gasteiger partial charge in [0.15, 0.2) is 0 Å². The van der Waals surface area contributed by atoms with Crippen molar-refractivity contribution in [3.8, 4) is 0 Å². The summed E-state index contributed by atoms with van der Waals surface area (Å²) < 4.78 is 5.21. The van der Waals surface area contributed by atoms with E-state index in [1.807, 2.05) is 50.2 Å². The summed E-state index contributed by atoms with van der Waals surface area (Å²) in [5.74, 6) is 0.720. The summed E-state index contributed by atoms with van der Waals surface area (Å²) in [6, 6.07) is 11.7. The van der Waals surface area contributed by atoms with E-state index >= 15 is 0 Å². The maximum Gasteiger partial charge on any atom is 0.224 e. The highest BCUT2D eigenvalue weighted by atomic mass is 16.3. The Labute approximate surface area is 129 Å². The van der Waals surface area contributed by atoms with Crippen LogP contribution in [-0.2, 0) is 17.8 Å². The van der Waals surface area contributed by atoms with E-state index in [9.17, 15) is 4.79 Å². The fourth-order valence-corrected chi connectivity index (χ4v) is 2.65. The van der Waals surface area contributed by atoms with Gasteiger partial charge >= 0.3 is 0 Å². The highest BCUT2D eigenvalue weighted by Gasteiger charge is 2.13.